The molecule has 0 aliphatic carbocycles. The highest BCUT2D eigenvalue weighted by Gasteiger charge is 2.05. The number of nitrogens with one attached hydrogen (secondary N) is 1. The molecular formula is C16H20N2O. The normalized spacial score (nSPS) is 10.5. The van der Waals surface area contributed by atoms with E-state index in [2.05, 4.69) is 35.4 Å². The number of ether oxygens (including phenoxy) is 1. The summed E-state index contributed by atoms with van der Waals surface area (Å²) < 4.78 is 5.92. The van der Waals surface area contributed by atoms with Gasteiger partial charge in [-0.2, -0.15) is 0 Å². The van der Waals surface area contributed by atoms with Crippen LogP contribution in [-0.2, 0) is 6.54 Å². The first-order valence-electron chi connectivity index (χ1n) is 6.46. The molecule has 1 aromatic heterocycles. The van der Waals surface area contributed by atoms with E-state index in [9.17, 15) is 0 Å². The third-order valence-electron chi connectivity index (χ3n) is 2.93. The molecule has 3 heteroatoms. The van der Waals surface area contributed by atoms with Crippen LogP contribution in [0.2, 0.25) is 0 Å². The molecule has 0 amide bonds. The molecule has 2 aromatic rings. The van der Waals surface area contributed by atoms with Crippen molar-refractivity contribution in [1.29, 1.82) is 0 Å². The second kappa shape index (κ2) is 5.85. The smallest absolute Gasteiger partial charge is 0.219 e. The van der Waals surface area contributed by atoms with E-state index < -0.39 is 0 Å². The monoisotopic (exact) mass is 256 g/mol. The molecule has 3 nitrogen and oxygen atoms in total. The van der Waals surface area contributed by atoms with Crippen LogP contribution in [-0.4, -0.2) is 12.0 Å². The fourth-order valence-corrected chi connectivity index (χ4v) is 2.00. The van der Waals surface area contributed by atoms with E-state index >= 15 is 0 Å². The van der Waals surface area contributed by atoms with E-state index in [1.54, 1.807) is 0 Å². The molecule has 0 aliphatic heterocycles. The maximum atomic E-state index is 5.92. The summed E-state index contributed by atoms with van der Waals surface area (Å²) in [6.07, 6.45) is 0. The zero-order valence-corrected chi connectivity index (χ0v) is 11.9. The Morgan fingerprint density at radius 2 is 1.89 bits per heavy atom. The van der Waals surface area contributed by atoms with Gasteiger partial charge in [0.25, 0.3) is 0 Å². The van der Waals surface area contributed by atoms with Crippen molar-refractivity contribution in [1.82, 2.24) is 10.3 Å². The predicted octanol–water partition coefficient (Wildman–Crippen LogP) is 3.52. The van der Waals surface area contributed by atoms with E-state index in [-0.39, 0.29) is 0 Å². The molecular weight excluding hydrogens is 236 g/mol. The molecule has 0 saturated heterocycles. The molecule has 1 aromatic carbocycles. The molecule has 19 heavy (non-hydrogen) atoms. The van der Waals surface area contributed by atoms with Gasteiger partial charge in [0.15, 0.2) is 0 Å². The number of nitrogens with zero attached hydrogens (tertiary/aromatic N) is 1. The van der Waals surface area contributed by atoms with Crippen LogP contribution in [0.1, 0.15) is 22.4 Å². The second-order valence-electron chi connectivity index (χ2n) is 4.86. The number of aryl methyl sites for hydroxylation is 3. The van der Waals surface area contributed by atoms with Gasteiger partial charge in [-0.25, -0.2) is 4.98 Å². The SMILES string of the molecule is CNCc1cc(C)nc(Oc2cc(C)ccc2C)c1. The van der Waals surface area contributed by atoms with Crippen molar-refractivity contribution in [2.45, 2.75) is 27.3 Å². The fraction of sp³-hybridized carbons (Fsp3) is 0.312. The van der Waals surface area contributed by atoms with E-state index in [0.717, 1.165) is 23.6 Å². The summed E-state index contributed by atoms with van der Waals surface area (Å²) in [4.78, 5) is 4.43. The van der Waals surface area contributed by atoms with Gasteiger partial charge in [0.05, 0.1) is 0 Å². The summed E-state index contributed by atoms with van der Waals surface area (Å²) in [6, 6.07) is 10.2. The number of hydrogen-bond donors (Lipinski definition) is 1. The summed E-state index contributed by atoms with van der Waals surface area (Å²) in [5.74, 6) is 1.52. The minimum atomic E-state index is 0.652. The first-order valence-corrected chi connectivity index (χ1v) is 6.46. The molecule has 0 radical (unpaired) electrons. The number of pyridine rings is 1. The number of benzene rings is 1. The first-order chi connectivity index (χ1) is 9.08. The van der Waals surface area contributed by atoms with Crippen LogP contribution in [0.25, 0.3) is 0 Å². The Morgan fingerprint density at radius 3 is 2.63 bits per heavy atom. The summed E-state index contributed by atoms with van der Waals surface area (Å²) >= 11 is 0. The molecule has 0 saturated carbocycles. The van der Waals surface area contributed by atoms with Gasteiger partial charge < -0.3 is 10.1 Å². The zero-order valence-electron chi connectivity index (χ0n) is 11.9. The first kappa shape index (κ1) is 13.6. The lowest BCUT2D eigenvalue weighted by Gasteiger charge is -2.11. The maximum absolute atomic E-state index is 5.92. The predicted molar refractivity (Wildman–Crippen MR) is 77.7 cm³/mol. The van der Waals surface area contributed by atoms with Crippen molar-refractivity contribution in [3.05, 3.63) is 52.7 Å². The van der Waals surface area contributed by atoms with Crippen LogP contribution < -0.4 is 10.1 Å². The third kappa shape index (κ3) is 3.55. The Morgan fingerprint density at radius 1 is 1.11 bits per heavy atom. The Hall–Kier alpha value is -1.87. The van der Waals surface area contributed by atoms with Gasteiger partial charge in [0.1, 0.15) is 5.75 Å². The van der Waals surface area contributed by atoms with Crippen molar-refractivity contribution >= 4 is 0 Å². The van der Waals surface area contributed by atoms with Gasteiger partial charge in [0.2, 0.25) is 5.88 Å². The largest absolute Gasteiger partial charge is 0.439 e. The van der Waals surface area contributed by atoms with E-state index in [1.807, 2.05) is 33.0 Å². The quantitative estimate of drug-likeness (QED) is 0.908. The van der Waals surface area contributed by atoms with E-state index in [4.69, 9.17) is 4.74 Å². The van der Waals surface area contributed by atoms with Crippen molar-refractivity contribution in [3.63, 3.8) is 0 Å². The average molecular weight is 256 g/mol. The molecule has 1 N–H and O–H groups in total. The van der Waals surface area contributed by atoms with Crippen LogP contribution in [0.4, 0.5) is 0 Å². The highest BCUT2D eigenvalue weighted by atomic mass is 16.5. The molecule has 0 unspecified atom stereocenters. The minimum Gasteiger partial charge on any atom is -0.439 e. The van der Waals surface area contributed by atoms with Crippen LogP contribution in [0, 0.1) is 20.8 Å². The van der Waals surface area contributed by atoms with Gasteiger partial charge in [-0.1, -0.05) is 12.1 Å². The van der Waals surface area contributed by atoms with Crippen LogP contribution >= 0.6 is 0 Å². The molecule has 0 fully saturated rings. The molecule has 0 aliphatic rings. The van der Waals surface area contributed by atoms with Crippen molar-refractivity contribution in [3.8, 4) is 11.6 Å². The second-order valence-corrected chi connectivity index (χ2v) is 4.86. The minimum absolute atomic E-state index is 0.652. The highest BCUT2D eigenvalue weighted by Crippen LogP contribution is 2.25. The molecule has 0 spiro atoms. The van der Waals surface area contributed by atoms with Crippen LogP contribution in [0.3, 0.4) is 0 Å². The van der Waals surface area contributed by atoms with Crippen molar-refractivity contribution in [2.24, 2.45) is 0 Å². The van der Waals surface area contributed by atoms with E-state index in [0.29, 0.717) is 5.88 Å². The lowest BCUT2D eigenvalue weighted by Crippen LogP contribution is -2.06. The summed E-state index contributed by atoms with van der Waals surface area (Å²) in [6.45, 7) is 6.89. The maximum Gasteiger partial charge on any atom is 0.219 e. The highest BCUT2D eigenvalue weighted by molar-refractivity contribution is 5.39. The molecule has 0 bridgehead atoms. The standard InChI is InChI=1S/C16H20N2O/c1-11-5-6-12(2)15(7-11)19-16-9-14(10-17-4)8-13(3)18-16/h5-9,17H,10H2,1-4H3. The van der Waals surface area contributed by atoms with Gasteiger partial charge in [0, 0.05) is 18.3 Å². The number of aromatic nitrogens is 1. The Kier molecular flexibility index (Phi) is 4.17. The van der Waals surface area contributed by atoms with Gasteiger partial charge >= 0.3 is 0 Å². The Balaban J connectivity index is 2.29. The Labute approximate surface area is 114 Å². The lowest BCUT2D eigenvalue weighted by molar-refractivity contribution is 0.457. The molecule has 2 rings (SSSR count). The van der Waals surface area contributed by atoms with Crippen molar-refractivity contribution < 1.29 is 4.74 Å². The van der Waals surface area contributed by atoms with Gasteiger partial charge in [-0.3, -0.25) is 0 Å². The lowest BCUT2D eigenvalue weighted by atomic mass is 10.1. The molecule has 0 atom stereocenters. The number of hydrogen-bond acceptors (Lipinski definition) is 3. The van der Waals surface area contributed by atoms with Crippen molar-refractivity contribution in [2.75, 3.05) is 7.05 Å². The Bertz CT molecular complexity index is 579. The fourth-order valence-electron chi connectivity index (χ4n) is 2.00. The van der Waals surface area contributed by atoms with Gasteiger partial charge in [-0.15, -0.1) is 0 Å². The van der Waals surface area contributed by atoms with E-state index in [1.165, 1.54) is 11.1 Å². The average Bonchev–Trinajstić information content (AvgIpc) is 2.33. The summed E-state index contributed by atoms with van der Waals surface area (Å²) in [5, 5.41) is 3.14. The summed E-state index contributed by atoms with van der Waals surface area (Å²) in [5.41, 5.74) is 4.44. The zero-order chi connectivity index (χ0) is 13.8. The molecule has 1 heterocycles. The van der Waals surface area contributed by atoms with Crippen LogP contribution in [0.15, 0.2) is 30.3 Å². The number of rotatable bonds is 4. The topological polar surface area (TPSA) is 34.2 Å². The molecule has 100 valence electrons. The summed E-state index contributed by atoms with van der Waals surface area (Å²) in [7, 11) is 1.93. The van der Waals surface area contributed by atoms with Gasteiger partial charge in [-0.05, 0) is 56.6 Å². The third-order valence-corrected chi connectivity index (χ3v) is 2.93. The van der Waals surface area contributed by atoms with Crippen LogP contribution in [0.5, 0.6) is 11.6 Å².